The highest BCUT2D eigenvalue weighted by molar-refractivity contribution is 6.36. The van der Waals surface area contributed by atoms with Crippen molar-refractivity contribution in [3.8, 4) is 5.75 Å². The second kappa shape index (κ2) is 6.63. The van der Waals surface area contributed by atoms with Crippen molar-refractivity contribution in [2.75, 3.05) is 6.61 Å². The van der Waals surface area contributed by atoms with Gasteiger partial charge in [0.1, 0.15) is 5.56 Å². The van der Waals surface area contributed by atoms with Crippen molar-refractivity contribution in [3.63, 3.8) is 0 Å². The molecule has 1 aromatic carbocycles. The third-order valence-corrected chi connectivity index (χ3v) is 3.10. The molecule has 0 saturated heterocycles. The number of carbonyl (C=O) groups is 1. The summed E-state index contributed by atoms with van der Waals surface area (Å²) in [4.78, 5) is 15.1. The predicted molar refractivity (Wildman–Crippen MR) is 75.8 cm³/mol. The van der Waals surface area contributed by atoms with Gasteiger partial charge in [-0.1, -0.05) is 23.2 Å². The molecule has 0 aliphatic carbocycles. The Hall–Kier alpha value is -1.72. The van der Waals surface area contributed by atoms with Gasteiger partial charge in [0.15, 0.2) is 5.75 Å². The number of benzene rings is 1. The van der Waals surface area contributed by atoms with E-state index in [9.17, 15) is 4.79 Å². The van der Waals surface area contributed by atoms with E-state index in [1.165, 1.54) is 12.1 Å². The van der Waals surface area contributed by atoms with Crippen molar-refractivity contribution >= 4 is 29.2 Å². The summed E-state index contributed by atoms with van der Waals surface area (Å²) in [5, 5.41) is 9.57. The van der Waals surface area contributed by atoms with Gasteiger partial charge in [-0.3, -0.25) is 0 Å². The maximum absolute atomic E-state index is 11.1. The quantitative estimate of drug-likeness (QED) is 0.830. The van der Waals surface area contributed by atoms with E-state index in [2.05, 4.69) is 4.98 Å². The summed E-state index contributed by atoms with van der Waals surface area (Å²) >= 11 is 11.8. The molecule has 7 heteroatoms. The Balaban J connectivity index is 2.00. The lowest BCUT2D eigenvalue weighted by Gasteiger charge is -2.11. The van der Waals surface area contributed by atoms with Gasteiger partial charge < -0.3 is 14.4 Å². The Morgan fingerprint density at radius 3 is 2.85 bits per heavy atom. The Labute approximate surface area is 125 Å². The van der Waals surface area contributed by atoms with Crippen LogP contribution in [0, 0.1) is 0 Å². The molecule has 0 saturated carbocycles. The smallest absolute Gasteiger partial charge is 0.339 e. The number of ether oxygens (including phenoxy) is 1. The molecular weight excluding hydrogens is 303 g/mol. The standard InChI is InChI=1S/C13H12Cl2N2O3/c14-9-6-10(13(18)19)12(11(15)7-9)20-5-1-3-17-4-2-16-8-17/h2,4,6-8H,1,3,5H2,(H,18,19). The van der Waals surface area contributed by atoms with E-state index in [1.807, 2.05) is 10.8 Å². The molecule has 0 aliphatic rings. The van der Waals surface area contributed by atoms with Crippen molar-refractivity contribution in [2.24, 2.45) is 0 Å². The van der Waals surface area contributed by atoms with Crippen molar-refractivity contribution in [1.29, 1.82) is 0 Å². The minimum absolute atomic E-state index is 0.0369. The summed E-state index contributed by atoms with van der Waals surface area (Å²) in [5.41, 5.74) is -0.0369. The van der Waals surface area contributed by atoms with Crippen LogP contribution in [0.2, 0.25) is 10.0 Å². The van der Waals surface area contributed by atoms with Gasteiger partial charge in [0, 0.05) is 24.0 Å². The number of carboxylic acids is 1. The minimum atomic E-state index is -1.13. The van der Waals surface area contributed by atoms with Gasteiger partial charge in [-0.15, -0.1) is 0 Å². The molecule has 0 aliphatic heterocycles. The van der Waals surface area contributed by atoms with Crippen LogP contribution in [0.1, 0.15) is 16.8 Å². The van der Waals surface area contributed by atoms with Gasteiger partial charge in [0.05, 0.1) is 18.0 Å². The van der Waals surface area contributed by atoms with E-state index in [-0.39, 0.29) is 21.4 Å². The summed E-state index contributed by atoms with van der Waals surface area (Å²) in [6, 6.07) is 2.78. The number of aromatic nitrogens is 2. The van der Waals surface area contributed by atoms with E-state index in [0.29, 0.717) is 13.0 Å². The molecule has 5 nitrogen and oxygen atoms in total. The molecule has 0 atom stereocenters. The Morgan fingerprint density at radius 2 is 2.20 bits per heavy atom. The molecule has 0 amide bonds. The number of imidazole rings is 1. The third-order valence-electron chi connectivity index (χ3n) is 2.61. The molecule has 20 heavy (non-hydrogen) atoms. The van der Waals surface area contributed by atoms with Gasteiger partial charge >= 0.3 is 5.97 Å². The van der Waals surface area contributed by atoms with Crippen molar-refractivity contribution < 1.29 is 14.6 Å². The number of halogens is 2. The molecule has 0 bridgehead atoms. The fourth-order valence-electron chi connectivity index (χ4n) is 1.71. The molecule has 2 aromatic rings. The Morgan fingerprint density at radius 1 is 1.40 bits per heavy atom. The van der Waals surface area contributed by atoms with Crippen molar-refractivity contribution in [3.05, 3.63) is 46.5 Å². The molecule has 0 unspecified atom stereocenters. The van der Waals surface area contributed by atoms with E-state index in [4.69, 9.17) is 33.0 Å². The Bertz CT molecular complexity index is 600. The van der Waals surface area contributed by atoms with Crippen LogP contribution in [0.3, 0.4) is 0 Å². The monoisotopic (exact) mass is 314 g/mol. The number of hydrogen-bond acceptors (Lipinski definition) is 3. The SMILES string of the molecule is O=C(O)c1cc(Cl)cc(Cl)c1OCCCn1ccnc1. The van der Waals surface area contributed by atoms with E-state index >= 15 is 0 Å². The molecule has 106 valence electrons. The van der Waals surface area contributed by atoms with Crippen LogP contribution in [0.4, 0.5) is 0 Å². The molecule has 1 heterocycles. The first-order chi connectivity index (χ1) is 9.58. The fourth-order valence-corrected chi connectivity index (χ4v) is 2.25. The molecule has 1 N–H and O–H groups in total. The Kier molecular flexibility index (Phi) is 4.87. The van der Waals surface area contributed by atoms with Crippen molar-refractivity contribution in [1.82, 2.24) is 9.55 Å². The average Bonchev–Trinajstić information content (AvgIpc) is 2.88. The third kappa shape index (κ3) is 3.65. The second-order valence-electron chi connectivity index (χ2n) is 4.07. The maximum Gasteiger partial charge on any atom is 0.339 e. The first-order valence-corrected chi connectivity index (χ1v) is 6.64. The largest absolute Gasteiger partial charge is 0.491 e. The predicted octanol–water partition coefficient (Wildman–Crippen LogP) is 3.36. The maximum atomic E-state index is 11.1. The minimum Gasteiger partial charge on any atom is -0.491 e. The van der Waals surface area contributed by atoms with Crippen LogP contribution >= 0.6 is 23.2 Å². The molecule has 0 spiro atoms. The molecular formula is C13H12Cl2N2O3. The summed E-state index contributed by atoms with van der Waals surface area (Å²) < 4.78 is 7.39. The topological polar surface area (TPSA) is 64.3 Å². The zero-order valence-electron chi connectivity index (χ0n) is 10.4. The summed E-state index contributed by atoms with van der Waals surface area (Å²) in [6.07, 6.45) is 5.95. The molecule has 0 radical (unpaired) electrons. The van der Waals surface area contributed by atoms with Crippen LogP contribution in [0.25, 0.3) is 0 Å². The molecule has 0 fully saturated rings. The van der Waals surface area contributed by atoms with Crippen LogP contribution in [-0.4, -0.2) is 27.2 Å². The van der Waals surface area contributed by atoms with Crippen LogP contribution in [-0.2, 0) is 6.54 Å². The number of nitrogens with zero attached hydrogens (tertiary/aromatic N) is 2. The number of aromatic carboxylic acids is 1. The highest BCUT2D eigenvalue weighted by atomic mass is 35.5. The van der Waals surface area contributed by atoms with Gasteiger partial charge in [-0.25, -0.2) is 9.78 Å². The second-order valence-corrected chi connectivity index (χ2v) is 4.92. The van der Waals surface area contributed by atoms with Gasteiger partial charge in [-0.2, -0.15) is 0 Å². The first-order valence-electron chi connectivity index (χ1n) is 5.89. The lowest BCUT2D eigenvalue weighted by molar-refractivity contribution is 0.0692. The highest BCUT2D eigenvalue weighted by Gasteiger charge is 2.16. The number of hydrogen-bond donors (Lipinski definition) is 1. The number of aryl methyl sites for hydroxylation is 1. The van der Waals surface area contributed by atoms with Crippen molar-refractivity contribution in [2.45, 2.75) is 13.0 Å². The number of carboxylic acid groups (broad SMARTS) is 1. The zero-order valence-corrected chi connectivity index (χ0v) is 11.9. The number of rotatable bonds is 6. The van der Waals surface area contributed by atoms with Crippen LogP contribution < -0.4 is 4.74 Å². The van der Waals surface area contributed by atoms with E-state index < -0.39 is 5.97 Å². The van der Waals surface area contributed by atoms with Gasteiger partial charge in [-0.05, 0) is 18.6 Å². The highest BCUT2D eigenvalue weighted by Crippen LogP contribution is 2.32. The molecule has 1 aromatic heterocycles. The van der Waals surface area contributed by atoms with E-state index in [1.54, 1.807) is 12.5 Å². The average molecular weight is 315 g/mol. The lowest BCUT2D eigenvalue weighted by atomic mass is 10.2. The lowest BCUT2D eigenvalue weighted by Crippen LogP contribution is -2.07. The summed E-state index contributed by atoms with van der Waals surface area (Å²) in [7, 11) is 0. The summed E-state index contributed by atoms with van der Waals surface area (Å²) in [6.45, 7) is 1.08. The van der Waals surface area contributed by atoms with E-state index in [0.717, 1.165) is 6.54 Å². The normalized spacial score (nSPS) is 10.5. The fraction of sp³-hybridized carbons (Fsp3) is 0.231. The van der Waals surface area contributed by atoms with Gasteiger partial charge in [0.25, 0.3) is 0 Å². The zero-order chi connectivity index (χ0) is 14.5. The first kappa shape index (κ1) is 14.7. The summed E-state index contributed by atoms with van der Waals surface area (Å²) in [5.74, 6) is -0.979. The van der Waals surface area contributed by atoms with Gasteiger partial charge in [0.2, 0.25) is 0 Å². The van der Waals surface area contributed by atoms with Crippen LogP contribution in [0.15, 0.2) is 30.9 Å². The van der Waals surface area contributed by atoms with Crippen LogP contribution in [0.5, 0.6) is 5.75 Å². The molecule has 2 rings (SSSR count).